The van der Waals surface area contributed by atoms with Crippen LogP contribution in [0.3, 0.4) is 0 Å². The highest BCUT2D eigenvalue weighted by Gasteiger charge is 2.46. The number of esters is 1. The first-order chi connectivity index (χ1) is 6.24. The molecule has 0 aromatic rings. The van der Waals surface area contributed by atoms with E-state index in [2.05, 4.69) is 12.2 Å². The molecule has 0 aliphatic heterocycles. The highest BCUT2D eigenvalue weighted by Crippen LogP contribution is 2.43. The number of allylic oxidation sites excluding steroid dienone is 1. The van der Waals surface area contributed by atoms with Gasteiger partial charge in [-0.3, -0.25) is 4.79 Å². The van der Waals surface area contributed by atoms with Crippen molar-refractivity contribution in [3.8, 4) is 0 Å². The molecule has 1 saturated carbocycles. The maximum atomic E-state index is 11.5. The maximum absolute atomic E-state index is 11.5. The van der Waals surface area contributed by atoms with Crippen molar-refractivity contribution in [3.05, 3.63) is 12.2 Å². The average molecular weight is 181 g/mol. The fraction of sp³-hybridized carbons (Fsp3) is 0.700. The first kappa shape index (κ1) is 8.75. The molecule has 13 heavy (non-hydrogen) atoms. The zero-order valence-corrected chi connectivity index (χ0v) is 7.77. The fourth-order valence-electron chi connectivity index (χ4n) is 2.43. The van der Waals surface area contributed by atoms with E-state index in [1.165, 1.54) is 0 Å². The second kappa shape index (κ2) is 3.14. The highest BCUT2D eigenvalue weighted by atomic mass is 16.5. The number of rotatable bonds is 2. The van der Waals surface area contributed by atoms with Crippen molar-refractivity contribution in [3.63, 3.8) is 0 Å². The van der Waals surface area contributed by atoms with Crippen molar-refractivity contribution >= 4 is 5.97 Å². The molecule has 0 radical (unpaired) electrons. The Labute approximate surface area is 77.9 Å². The summed E-state index contributed by atoms with van der Waals surface area (Å²) in [5, 5.41) is 0. The molecule has 0 spiro atoms. The van der Waals surface area contributed by atoms with Crippen LogP contribution in [0.4, 0.5) is 0 Å². The smallest absolute Gasteiger partial charge is 0.311 e. The summed E-state index contributed by atoms with van der Waals surface area (Å²) in [7, 11) is 0. The number of carbonyl (C=O) groups excluding carboxylic acids is 1. The van der Waals surface area contributed by atoms with Gasteiger partial charge in [-0.15, -0.1) is 0 Å². The van der Waals surface area contributed by atoms with Crippen LogP contribution in [0.5, 0.6) is 0 Å². The Balaban J connectivity index is 2.08. The van der Waals surface area contributed by atoms with Gasteiger partial charge in [-0.1, -0.05) is 12.2 Å². The van der Waals surface area contributed by atoms with E-state index in [0.29, 0.717) is 18.4 Å². The van der Waals surface area contributed by atoms with Crippen LogP contribution in [-0.4, -0.2) is 18.6 Å². The molecule has 2 aliphatic carbocycles. The van der Waals surface area contributed by atoms with E-state index in [1.54, 1.807) is 0 Å². The van der Waals surface area contributed by atoms with Gasteiger partial charge in [-0.25, -0.2) is 0 Å². The third-order valence-electron chi connectivity index (χ3n) is 3.08. The van der Waals surface area contributed by atoms with Crippen molar-refractivity contribution in [1.82, 2.24) is 0 Å². The van der Waals surface area contributed by atoms with Crippen LogP contribution in [0.25, 0.3) is 0 Å². The first-order valence-corrected chi connectivity index (χ1v) is 4.84. The van der Waals surface area contributed by atoms with Crippen molar-refractivity contribution in [2.24, 2.45) is 23.5 Å². The predicted octanol–water partition coefficient (Wildman–Crippen LogP) is 0.699. The summed E-state index contributed by atoms with van der Waals surface area (Å²) in [4.78, 5) is 11.5. The van der Waals surface area contributed by atoms with E-state index >= 15 is 0 Å². The zero-order valence-electron chi connectivity index (χ0n) is 7.77. The lowest BCUT2D eigenvalue weighted by atomic mass is 9.90. The Morgan fingerprint density at radius 3 is 2.77 bits per heavy atom. The highest BCUT2D eigenvalue weighted by molar-refractivity contribution is 5.75. The Morgan fingerprint density at radius 1 is 1.54 bits per heavy atom. The molecular weight excluding hydrogens is 166 g/mol. The van der Waals surface area contributed by atoms with Gasteiger partial charge in [0.1, 0.15) is 0 Å². The van der Waals surface area contributed by atoms with E-state index < -0.39 is 0 Å². The third-order valence-corrected chi connectivity index (χ3v) is 3.08. The van der Waals surface area contributed by atoms with Crippen LogP contribution in [0, 0.1) is 17.8 Å². The molecule has 0 unspecified atom stereocenters. The van der Waals surface area contributed by atoms with Gasteiger partial charge in [-0.05, 0) is 25.2 Å². The van der Waals surface area contributed by atoms with Gasteiger partial charge in [-0.2, -0.15) is 0 Å². The summed E-state index contributed by atoms with van der Waals surface area (Å²) in [5.41, 5.74) is 5.94. The Morgan fingerprint density at radius 2 is 2.23 bits per heavy atom. The number of nitrogens with two attached hydrogens (primary N) is 1. The van der Waals surface area contributed by atoms with Crippen molar-refractivity contribution < 1.29 is 9.53 Å². The minimum absolute atomic E-state index is 0.0194. The van der Waals surface area contributed by atoms with Gasteiger partial charge < -0.3 is 10.5 Å². The summed E-state index contributed by atoms with van der Waals surface area (Å²) in [6, 6.07) is -0.0194. The Hall–Kier alpha value is -0.830. The minimum Gasteiger partial charge on any atom is -0.466 e. The molecule has 4 atom stereocenters. The Bertz CT molecular complexity index is 249. The average Bonchev–Trinajstić information content (AvgIpc) is 2.63. The van der Waals surface area contributed by atoms with Crippen LogP contribution in [0.15, 0.2) is 12.2 Å². The summed E-state index contributed by atoms with van der Waals surface area (Å²) >= 11 is 0. The molecule has 72 valence electrons. The van der Waals surface area contributed by atoms with Gasteiger partial charge in [0.25, 0.3) is 0 Å². The van der Waals surface area contributed by atoms with Crippen molar-refractivity contribution in [1.29, 1.82) is 0 Å². The Kier molecular flexibility index (Phi) is 2.12. The molecule has 3 nitrogen and oxygen atoms in total. The van der Waals surface area contributed by atoms with Gasteiger partial charge in [0, 0.05) is 6.04 Å². The number of carbonyl (C=O) groups is 1. The van der Waals surface area contributed by atoms with E-state index in [4.69, 9.17) is 10.5 Å². The molecule has 3 heteroatoms. The molecule has 0 saturated heterocycles. The van der Waals surface area contributed by atoms with Crippen LogP contribution in [0.1, 0.15) is 13.3 Å². The van der Waals surface area contributed by atoms with Gasteiger partial charge in [0.05, 0.1) is 12.5 Å². The second-order valence-corrected chi connectivity index (χ2v) is 3.80. The quantitative estimate of drug-likeness (QED) is 0.504. The molecule has 2 bridgehead atoms. The number of hydrogen-bond acceptors (Lipinski definition) is 3. The molecule has 2 N–H and O–H groups in total. The first-order valence-electron chi connectivity index (χ1n) is 4.84. The maximum Gasteiger partial charge on any atom is 0.311 e. The van der Waals surface area contributed by atoms with E-state index in [0.717, 1.165) is 6.42 Å². The molecule has 0 heterocycles. The fourth-order valence-corrected chi connectivity index (χ4v) is 2.43. The molecule has 1 fully saturated rings. The minimum atomic E-state index is -0.119. The lowest BCUT2D eigenvalue weighted by Crippen LogP contribution is -2.39. The lowest BCUT2D eigenvalue weighted by Gasteiger charge is -2.22. The zero-order chi connectivity index (χ0) is 9.42. The summed E-state index contributed by atoms with van der Waals surface area (Å²) in [6.07, 6.45) is 5.27. The second-order valence-electron chi connectivity index (χ2n) is 3.80. The summed E-state index contributed by atoms with van der Waals surface area (Å²) < 4.78 is 5.00. The molecule has 2 rings (SSSR count). The number of ether oxygens (including phenoxy) is 1. The van der Waals surface area contributed by atoms with E-state index in [-0.39, 0.29) is 17.9 Å². The van der Waals surface area contributed by atoms with Crippen LogP contribution >= 0.6 is 0 Å². The van der Waals surface area contributed by atoms with Crippen molar-refractivity contribution in [2.75, 3.05) is 6.61 Å². The van der Waals surface area contributed by atoms with Crippen molar-refractivity contribution in [2.45, 2.75) is 19.4 Å². The molecule has 0 aromatic heterocycles. The third kappa shape index (κ3) is 1.27. The summed E-state index contributed by atoms with van der Waals surface area (Å²) in [5.74, 6) is 0.528. The molecular formula is C10H15NO2. The standard InChI is InChI=1S/C10H15NO2/c1-2-13-10(12)8-6-3-4-7(5-6)9(8)11/h3-4,6-9H,2,5,11H2,1H3/t6-,7-,8-,9+/m0/s1. The summed E-state index contributed by atoms with van der Waals surface area (Å²) in [6.45, 7) is 2.27. The topological polar surface area (TPSA) is 52.3 Å². The van der Waals surface area contributed by atoms with Gasteiger partial charge in [0.15, 0.2) is 0 Å². The number of fused-ring (bicyclic) bond motifs is 2. The number of hydrogen-bond donors (Lipinski definition) is 1. The molecule has 2 aliphatic rings. The molecule has 0 amide bonds. The lowest BCUT2D eigenvalue weighted by molar-refractivity contribution is -0.149. The van der Waals surface area contributed by atoms with Crippen LogP contribution in [-0.2, 0) is 9.53 Å². The van der Waals surface area contributed by atoms with E-state index in [1.807, 2.05) is 6.92 Å². The van der Waals surface area contributed by atoms with Crippen LogP contribution < -0.4 is 5.73 Å². The van der Waals surface area contributed by atoms with Gasteiger partial charge >= 0.3 is 5.97 Å². The van der Waals surface area contributed by atoms with Crippen LogP contribution in [0.2, 0.25) is 0 Å². The van der Waals surface area contributed by atoms with E-state index in [9.17, 15) is 4.79 Å². The molecule has 0 aromatic carbocycles. The van der Waals surface area contributed by atoms with Gasteiger partial charge in [0.2, 0.25) is 0 Å². The largest absolute Gasteiger partial charge is 0.466 e. The SMILES string of the molecule is CCOC(=O)[C@@H]1[C@H](N)[C@H]2C=C[C@H]1C2. The normalized spacial score (nSPS) is 41.1. The predicted molar refractivity (Wildman–Crippen MR) is 48.8 cm³/mol. The monoisotopic (exact) mass is 181 g/mol.